The molecule has 1 saturated heterocycles. The van der Waals surface area contributed by atoms with Crippen molar-refractivity contribution in [3.63, 3.8) is 0 Å². The third kappa shape index (κ3) is 4.03. The third-order valence-corrected chi connectivity index (χ3v) is 4.04. The number of aryl methyl sites for hydroxylation is 1. The number of hydrogen-bond donors (Lipinski definition) is 2. The fourth-order valence-corrected chi connectivity index (χ4v) is 3.05. The molecule has 2 rings (SSSR count). The molecular weight excluding hydrogens is 234 g/mol. The summed E-state index contributed by atoms with van der Waals surface area (Å²) in [6.45, 7) is 10.3. The van der Waals surface area contributed by atoms with Gasteiger partial charge < -0.3 is 15.5 Å². The summed E-state index contributed by atoms with van der Waals surface area (Å²) in [7, 11) is 2.07. The molecule has 0 bridgehead atoms. The van der Waals surface area contributed by atoms with Crippen LogP contribution in [0.3, 0.4) is 0 Å². The molecule has 1 aliphatic heterocycles. The zero-order valence-corrected chi connectivity index (χ0v) is 12.4. The van der Waals surface area contributed by atoms with Gasteiger partial charge in [0.15, 0.2) is 0 Å². The number of rotatable bonds is 5. The first-order valence-corrected chi connectivity index (χ1v) is 7.37. The van der Waals surface area contributed by atoms with E-state index < -0.39 is 0 Å². The van der Waals surface area contributed by atoms with Crippen LogP contribution in [-0.4, -0.2) is 44.7 Å². The van der Waals surface area contributed by atoms with Gasteiger partial charge in [0.1, 0.15) is 0 Å². The highest BCUT2D eigenvalue weighted by molar-refractivity contribution is 5.25. The smallest absolute Gasteiger partial charge is 0.0355 e. The van der Waals surface area contributed by atoms with Gasteiger partial charge in [0.05, 0.1) is 0 Å². The molecule has 0 radical (unpaired) electrons. The highest BCUT2D eigenvalue weighted by Crippen LogP contribution is 2.23. The molecule has 1 aromatic rings. The van der Waals surface area contributed by atoms with Gasteiger partial charge in [0.2, 0.25) is 0 Å². The van der Waals surface area contributed by atoms with Crippen molar-refractivity contribution >= 4 is 0 Å². The van der Waals surface area contributed by atoms with Crippen LogP contribution in [0.5, 0.6) is 0 Å². The van der Waals surface area contributed by atoms with Gasteiger partial charge in [0.25, 0.3) is 0 Å². The van der Waals surface area contributed by atoms with Gasteiger partial charge in [0, 0.05) is 38.8 Å². The highest BCUT2D eigenvalue weighted by atomic mass is 15.2. The Bertz CT molecular complexity index is 385. The van der Waals surface area contributed by atoms with E-state index in [0.29, 0.717) is 12.0 Å². The monoisotopic (exact) mass is 261 g/mol. The molecule has 0 aromatic heterocycles. The van der Waals surface area contributed by atoms with E-state index in [0.717, 1.165) is 13.1 Å². The van der Waals surface area contributed by atoms with Crippen molar-refractivity contribution in [2.24, 2.45) is 5.92 Å². The molecule has 1 heterocycles. The van der Waals surface area contributed by atoms with Crippen LogP contribution in [0.4, 0.5) is 0 Å². The Balaban J connectivity index is 1.99. The lowest BCUT2D eigenvalue weighted by Gasteiger charge is -2.33. The normalized spacial score (nSPS) is 20.2. The highest BCUT2D eigenvalue weighted by Gasteiger charge is 2.21. The van der Waals surface area contributed by atoms with Crippen molar-refractivity contribution in [2.45, 2.75) is 19.9 Å². The number of benzene rings is 1. The summed E-state index contributed by atoms with van der Waals surface area (Å²) >= 11 is 0. The molecule has 0 aliphatic carbocycles. The van der Waals surface area contributed by atoms with E-state index in [2.05, 4.69) is 60.7 Å². The van der Waals surface area contributed by atoms with Crippen molar-refractivity contribution in [3.05, 3.63) is 35.4 Å². The molecule has 3 nitrogen and oxygen atoms in total. The van der Waals surface area contributed by atoms with Crippen LogP contribution in [-0.2, 0) is 0 Å². The van der Waals surface area contributed by atoms with Crippen molar-refractivity contribution in [3.8, 4) is 0 Å². The zero-order valence-electron chi connectivity index (χ0n) is 12.4. The molecule has 1 aromatic carbocycles. The van der Waals surface area contributed by atoms with E-state index in [9.17, 15) is 0 Å². The van der Waals surface area contributed by atoms with Gasteiger partial charge in [-0.25, -0.2) is 0 Å². The zero-order chi connectivity index (χ0) is 13.7. The molecule has 0 spiro atoms. The SMILES string of the molecule is CNC(c1cccc(C)c1)C(C)CN1CCNCC1. The molecule has 19 heavy (non-hydrogen) atoms. The van der Waals surface area contributed by atoms with Gasteiger partial charge in [-0.3, -0.25) is 0 Å². The average molecular weight is 261 g/mol. The lowest BCUT2D eigenvalue weighted by Crippen LogP contribution is -2.46. The Morgan fingerprint density at radius 1 is 1.32 bits per heavy atom. The van der Waals surface area contributed by atoms with Gasteiger partial charge in [-0.2, -0.15) is 0 Å². The van der Waals surface area contributed by atoms with Crippen LogP contribution in [0.2, 0.25) is 0 Å². The Kier molecular flexibility index (Phi) is 5.37. The predicted molar refractivity (Wildman–Crippen MR) is 81.5 cm³/mol. The minimum atomic E-state index is 0.440. The Hall–Kier alpha value is -0.900. The van der Waals surface area contributed by atoms with Crippen LogP contribution >= 0.6 is 0 Å². The van der Waals surface area contributed by atoms with Gasteiger partial charge in [-0.15, -0.1) is 0 Å². The summed E-state index contributed by atoms with van der Waals surface area (Å²) in [6.07, 6.45) is 0. The lowest BCUT2D eigenvalue weighted by molar-refractivity contribution is 0.192. The maximum Gasteiger partial charge on any atom is 0.0355 e. The minimum Gasteiger partial charge on any atom is -0.314 e. The van der Waals surface area contributed by atoms with E-state index in [4.69, 9.17) is 0 Å². The number of nitrogens with one attached hydrogen (secondary N) is 2. The Labute approximate surface area is 117 Å². The van der Waals surface area contributed by atoms with E-state index in [1.54, 1.807) is 0 Å². The van der Waals surface area contributed by atoms with Crippen LogP contribution in [0, 0.1) is 12.8 Å². The fourth-order valence-electron chi connectivity index (χ4n) is 3.05. The van der Waals surface area contributed by atoms with Crippen LogP contribution in [0.25, 0.3) is 0 Å². The second-order valence-electron chi connectivity index (χ2n) is 5.71. The standard InChI is InChI=1S/C16H27N3/c1-13-5-4-6-15(11-13)16(17-3)14(2)12-19-9-7-18-8-10-19/h4-6,11,14,16-18H,7-10,12H2,1-3H3. The Morgan fingerprint density at radius 3 is 2.68 bits per heavy atom. The average Bonchev–Trinajstić information content (AvgIpc) is 2.41. The molecular formula is C16H27N3. The van der Waals surface area contributed by atoms with Gasteiger partial charge >= 0.3 is 0 Å². The maximum atomic E-state index is 3.49. The molecule has 1 fully saturated rings. The van der Waals surface area contributed by atoms with Crippen molar-refractivity contribution in [1.29, 1.82) is 0 Å². The Morgan fingerprint density at radius 2 is 2.05 bits per heavy atom. The second-order valence-corrected chi connectivity index (χ2v) is 5.71. The largest absolute Gasteiger partial charge is 0.314 e. The first-order valence-electron chi connectivity index (χ1n) is 7.37. The van der Waals surface area contributed by atoms with Crippen LogP contribution in [0.1, 0.15) is 24.1 Å². The summed E-state index contributed by atoms with van der Waals surface area (Å²) in [6, 6.07) is 9.30. The molecule has 2 atom stereocenters. The topological polar surface area (TPSA) is 27.3 Å². The fraction of sp³-hybridized carbons (Fsp3) is 0.625. The van der Waals surface area contributed by atoms with Crippen LogP contribution < -0.4 is 10.6 Å². The molecule has 0 saturated carbocycles. The number of piperazine rings is 1. The van der Waals surface area contributed by atoms with Crippen molar-refractivity contribution in [2.75, 3.05) is 39.8 Å². The second kappa shape index (κ2) is 7.04. The molecule has 1 aliphatic rings. The maximum absolute atomic E-state index is 3.49. The molecule has 2 N–H and O–H groups in total. The predicted octanol–water partition coefficient (Wildman–Crippen LogP) is 1.80. The van der Waals surface area contributed by atoms with E-state index in [1.807, 2.05) is 0 Å². The van der Waals surface area contributed by atoms with Crippen molar-refractivity contribution in [1.82, 2.24) is 15.5 Å². The quantitative estimate of drug-likeness (QED) is 0.846. The molecule has 0 amide bonds. The summed E-state index contributed by atoms with van der Waals surface area (Å²) < 4.78 is 0. The minimum absolute atomic E-state index is 0.440. The van der Waals surface area contributed by atoms with E-state index >= 15 is 0 Å². The van der Waals surface area contributed by atoms with E-state index in [1.165, 1.54) is 30.8 Å². The lowest BCUT2D eigenvalue weighted by atomic mass is 9.93. The molecule has 106 valence electrons. The summed E-state index contributed by atoms with van der Waals surface area (Å²) in [4.78, 5) is 2.57. The van der Waals surface area contributed by atoms with Crippen LogP contribution in [0.15, 0.2) is 24.3 Å². The first kappa shape index (κ1) is 14.5. The summed E-state index contributed by atoms with van der Waals surface area (Å²) in [5, 5.41) is 6.91. The molecule has 3 heteroatoms. The van der Waals surface area contributed by atoms with Gasteiger partial charge in [-0.1, -0.05) is 36.8 Å². The van der Waals surface area contributed by atoms with Crippen molar-refractivity contribution < 1.29 is 0 Å². The number of hydrogen-bond acceptors (Lipinski definition) is 3. The first-order chi connectivity index (χ1) is 9.20. The van der Waals surface area contributed by atoms with E-state index in [-0.39, 0.29) is 0 Å². The summed E-state index contributed by atoms with van der Waals surface area (Å²) in [5.74, 6) is 0.616. The van der Waals surface area contributed by atoms with Gasteiger partial charge in [-0.05, 0) is 25.5 Å². The molecule has 2 unspecified atom stereocenters. The summed E-state index contributed by atoms with van der Waals surface area (Å²) in [5.41, 5.74) is 2.75. The third-order valence-electron chi connectivity index (χ3n) is 4.04. The number of nitrogens with zero attached hydrogens (tertiary/aromatic N) is 1.